The fourth-order valence-electron chi connectivity index (χ4n) is 3.85. The van der Waals surface area contributed by atoms with Crippen LogP contribution in [0, 0.1) is 13.8 Å². The summed E-state index contributed by atoms with van der Waals surface area (Å²) in [5.41, 5.74) is 3.80. The lowest BCUT2D eigenvalue weighted by molar-refractivity contribution is 0.0953. The van der Waals surface area contributed by atoms with Crippen LogP contribution in [0.25, 0.3) is 11.4 Å². The summed E-state index contributed by atoms with van der Waals surface area (Å²) in [4.78, 5) is 12.9. The molecule has 4 rings (SSSR count). The Morgan fingerprint density at radius 2 is 2.03 bits per heavy atom. The zero-order chi connectivity index (χ0) is 22.0. The molecule has 0 radical (unpaired) electrons. The molecule has 1 unspecified atom stereocenters. The minimum atomic E-state index is 0.101. The fraction of sp³-hybridized carbons (Fsp3) is 0.435. The first-order chi connectivity index (χ1) is 15.0. The number of nitrogens with zero attached hydrogens (tertiary/aromatic N) is 4. The molecule has 0 aliphatic carbocycles. The molecule has 0 bridgehead atoms. The quantitative estimate of drug-likeness (QED) is 0.389. The van der Waals surface area contributed by atoms with Gasteiger partial charge in [0.2, 0.25) is 0 Å². The van der Waals surface area contributed by atoms with Crippen molar-refractivity contribution in [3.05, 3.63) is 47.3 Å². The van der Waals surface area contributed by atoms with Gasteiger partial charge in [0.25, 0.3) is 0 Å². The monoisotopic (exact) mass is 440 g/mol. The number of carbonyl (C=O) groups excluding carboxylic acids is 1. The van der Waals surface area contributed by atoms with E-state index in [4.69, 9.17) is 9.47 Å². The molecule has 0 spiro atoms. The SMILES string of the molecule is COc1ccc(-c2nnc(SCC(=O)c3cc(C)n(C)c3C)n2CC2CCCO2)cc1. The molecule has 0 saturated carbocycles. The molecule has 164 valence electrons. The summed E-state index contributed by atoms with van der Waals surface area (Å²) >= 11 is 1.43. The van der Waals surface area contributed by atoms with Crippen LogP contribution in [-0.4, -0.2) is 50.7 Å². The number of ketones is 1. The largest absolute Gasteiger partial charge is 0.497 e. The molecule has 1 aliphatic heterocycles. The summed E-state index contributed by atoms with van der Waals surface area (Å²) in [6.07, 6.45) is 2.23. The third-order valence-corrected chi connectivity index (χ3v) is 6.85. The third kappa shape index (κ3) is 4.55. The summed E-state index contributed by atoms with van der Waals surface area (Å²) in [5.74, 6) is 1.99. The number of thioether (sulfide) groups is 1. The van der Waals surface area contributed by atoms with Gasteiger partial charge in [-0.1, -0.05) is 11.8 Å². The molecular formula is C23H28N4O3S. The van der Waals surface area contributed by atoms with Crippen LogP contribution in [0.4, 0.5) is 0 Å². The number of benzene rings is 1. The Hall–Kier alpha value is -2.58. The topological polar surface area (TPSA) is 71.2 Å². The molecule has 8 heteroatoms. The number of aryl methyl sites for hydroxylation is 1. The molecule has 1 saturated heterocycles. The third-order valence-electron chi connectivity index (χ3n) is 5.88. The highest BCUT2D eigenvalue weighted by Gasteiger charge is 2.23. The lowest BCUT2D eigenvalue weighted by Crippen LogP contribution is -2.17. The average Bonchev–Trinajstić information content (AvgIpc) is 3.50. The van der Waals surface area contributed by atoms with Crippen LogP contribution < -0.4 is 4.74 Å². The molecule has 1 fully saturated rings. The Morgan fingerprint density at radius 1 is 1.26 bits per heavy atom. The van der Waals surface area contributed by atoms with Crippen LogP contribution >= 0.6 is 11.8 Å². The van der Waals surface area contributed by atoms with Gasteiger partial charge in [-0.15, -0.1) is 10.2 Å². The van der Waals surface area contributed by atoms with Crippen molar-refractivity contribution < 1.29 is 14.3 Å². The summed E-state index contributed by atoms with van der Waals surface area (Å²) in [6.45, 7) is 5.45. The first-order valence-electron chi connectivity index (χ1n) is 10.5. The molecule has 0 N–H and O–H groups in total. The highest BCUT2D eigenvalue weighted by molar-refractivity contribution is 7.99. The van der Waals surface area contributed by atoms with Gasteiger partial charge in [0.15, 0.2) is 16.8 Å². The number of rotatable bonds is 8. The van der Waals surface area contributed by atoms with Crippen molar-refractivity contribution in [1.29, 1.82) is 0 Å². The van der Waals surface area contributed by atoms with Crippen LogP contribution in [0.15, 0.2) is 35.5 Å². The predicted octanol–water partition coefficient (Wildman–Crippen LogP) is 4.06. The van der Waals surface area contributed by atoms with Crippen LogP contribution in [0.5, 0.6) is 5.75 Å². The minimum absolute atomic E-state index is 0.101. The molecule has 2 aromatic heterocycles. The van der Waals surface area contributed by atoms with E-state index in [9.17, 15) is 4.79 Å². The second kappa shape index (κ2) is 9.28. The van der Waals surface area contributed by atoms with Crippen molar-refractivity contribution in [2.45, 2.75) is 44.5 Å². The number of hydrogen-bond donors (Lipinski definition) is 0. The summed E-state index contributed by atoms with van der Waals surface area (Å²) in [7, 11) is 3.63. The second-order valence-corrected chi connectivity index (χ2v) is 8.78. The number of methoxy groups -OCH3 is 1. The minimum Gasteiger partial charge on any atom is -0.497 e. The van der Waals surface area contributed by atoms with Crippen molar-refractivity contribution in [2.75, 3.05) is 19.5 Å². The van der Waals surface area contributed by atoms with Gasteiger partial charge in [-0.05, 0) is 57.0 Å². The van der Waals surface area contributed by atoms with Crippen molar-refractivity contribution in [2.24, 2.45) is 7.05 Å². The Kier molecular flexibility index (Phi) is 6.48. The van der Waals surface area contributed by atoms with E-state index in [0.717, 1.165) is 58.7 Å². The molecule has 31 heavy (non-hydrogen) atoms. The van der Waals surface area contributed by atoms with Crippen molar-refractivity contribution in [3.8, 4) is 17.1 Å². The highest BCUT2D eigenvalue weighted by Crippen LogP contribution is 2.28. The van der Waals surface area contributed by atoms with Gasteiger partial charge >= 0.3 is 0 Å². The van der Waals surface area contributed by atoms with Crippen molar-refractivity contribution >= 4 is 17.5 Å². The zero-order valence-corrected chi connectivity index (χ0v) is 19.2. The maximum Gasteiger partial charge on any atom is 0.192 e. The molecule has 3 heterocycles. The van der Waals surface area contributed by atoms with Gasteiger partial charge in [0.05, 0.1) is 25.5 Å². The highest BCUT2D eigenvalue weighted by atomic mass is 32.2. The maximum atomic E-state index is 12.9. The van der Waals surface area contributed by atoms with E-state index < -0.39 is 0 Å². The van der Waals surface area contributed by atoms with Crippen LogP contribution in [-0.2, 0) is 18.3 Å². The van der Waals surface area contributed by atoms with E-state index >= 15 is 0 Å². The normalized spacial score (nSPS) is 16.1. The van der Waals surface area contributed by atoms with Crippen molar-refractivity contribution in [1.82, 2.24) is 19.3 Å². The first kappa shape index (κ1) is 21.6. The predicted molar refractivity (Wildman–Crippen MR) is 121 cm³/mol. The lowest BCUT2D eigenvalue weighted by atomic mass is 10.2. The van der Waals surface area contributed by atoms with Gasteiger partial charge < -0.3 is 14.0 Å². The first-order valence-corrected chi connectivity index (χ1v) is 11.4. The van der Waals surface area contributed by atoms with Gasteiger partial charge in [-0.3, -0.25) is 9.36 Å². The molecule has 7 nitrogen and oxygen atoms in total. The van der Waals surface area contributed by atoms with E-state index in [2.05, 4.69) is 14.8 Å². The summed E-state index contributed by atoms with van der Waals surface area (Å²) in [5, 5.41) is 9.61. The number of Topliss-reactive ketones (excluding diaryl/α,β-unsaturated/α-hetero) is 1. The molecule has 1 aliphatic rings. The van der Waals surface area contributed by atoms with Gasteiger partial charge in [0.1, 0.15) is 5.75 Å². The Labute approximate surface area is 186 Å². The number of ether oxygens (including phenoxy) is 2. The van der Waals surface area contributed by atoms with Crippen LogP contribution in [0.3, 0.4) is 0 Å². The van der Waals surface area contributed by atoms with Gasteiger partial charge in [0, 0.05) is 36.2 Å². The molecule has 0 amide bonds. The summed E-state index contributed by atoms with van der Waals surface area (Å²) in [6, 6.07) is 9.74. The van der Waals surface area contributed by atoms with Crippen LogP contribution in [0.2, 0.25) is 0 Å². The van der Waals surface area contributed by atoms with E-state index in [-0.39, 0.29) is 11.9 Å². The maximum absolute atomic E-state index is 12.9. The summed E-state index contributed by atoms with van der Waals surface area (Å²) < 4.78 is 15.3. The van der Waals surface area contributed by atoms with E-state index in [0.29, 0.717) is 12.3 Å². The number of carbonyl (C=O) groups is 1. The molecule has 3 aromatic rings. The van der Waals surface area contributed by atoms with Crippen LogP contribution in [0.1, 0.15) is 34.6 Å². The number of hydrogen-bond acceptors (Lipinski definition) is 6. The fourth-order valence-corrected chi connectivity index (χ4v) is 4.68. The average molecular weight is 441 g/mol. The van der Waals surface area contributed by atoms with Gasteiger partial charge in [-0.25, -0.2) is 0 Å². The van der Waals surface area contributed by atoms with Gasteiger partial charge in [-0.2, -0.15) is 0 Å². The van der Waals surface area contributed by atoms with Crippen molar-refractivity contribution in [3.63, 3.8) is 0 Å². The second-order valence-electron chi connectivity index (χ2n) is 7.84. The Bertz CT molecular complexity index is 1070. The Morgan fingerprint density at radius 3 is 2.65 bits per heavy atom. The molecule has 1 atom stereocenters. The molecular weight excluding hydrogens is 412 g/mol. The Balaban J connectivity index is 1.57. The number of aromatic nitrogens is 4. The van der Waals surface area contributed by atoms with E-state index in [1.165, 1.54) is 11.8 Å². The zero-order valence-electron chi connectivity index (χ0n) is 18.4. The standard InChI is InChI=1S/C23H28N4O3S/c1-15-12-20(16(2)26(15)3)21(28)14-31-23-25-24-22(17-7-9-18(29-4)10-8-17)27(23)13-19-6-5-11-30-19/h7-10,12,19H,5-6,11,13-14H2,1-4H3. The molecule has 1 aromatic carbocycles. The smallest absolute Gasteiger partial charge is 0.192 e. The lowest BCUT2D eigenvalue weighted by Gasteiger charge is -2.15. The van der Waals surface area contributed by atoms with E-state index in [1.54, 1.807) is 7.11 Å². The van der Waals surface area contributed by atoms with E-state index in [1.807, 2.05) is 55.8 Å².